The van der Waals surface area contributed by atoms with Gasteiger partial charge in [0.05, 0.1) is 11.4 Å². The van der Waals surface area contributed by atoms with E-state index in [0.29, 0.717) is 5.92 Å². The molecule has 1 heterocycles. The molecule has 1 aromatic heterocycles. The Kier molecular flexibility index (Phi) is 2.84. The van der Waals surface area contributed by atoms with Gasteiger partial charge in [-0.25, -0.2) is 0 Å². The zero-order valence-electron chi connectivity index (χ0n) is 8.33. The first-order valence-electron chi connectivity index (χ1n) is 4.52. The number of rotatable bonds is 3. The lowest BCUT2D eigenvalue weighted by molar-refractivity contribution is 0.630. The Morgan fingerprint density at radius 3 is 2.58 bits per heavy atom. The van der Waals surface area contributed by atoms with Crippen LogP contribution in [0, 0.1) is 5.92 Å². The molecule has 0 saturated carbocycles. The third-order valence-electron chi connectivity index (χ3n) is 1.96. The molecule has 1 aromatic rings. The predicted octanol–water partition coefficient (Wildman–Crippen LogP) is 1.58. The maximum Gasteiger partial charge on any atom is 0.0861 e. The van der Waals surface area contributed by atoms with Crippen molar-refractivity contribution < 1.29 is 0 Å². The van der Waals surface area contributed by atoms with Crippen LogP contribution in [0.3, 0.4) is 0 Å². The molecule has 3 heteroatoms. The zero-order chi connectivity index (χ0) is 9.14. The summed E-state index contributed by atoms with van der Waals surface area (Å²) in [5, 5.41) is 8.15. The molecule has 68 valence electrons. The molecule has 0 aliphatic heterocycles. The van der Waals surface area contributed by atoms with E-state index in [2.05, 4.69) is 31.1 Å². The van der Waals surface area contributed by atoms with Gasteiger partial charge in [-0.2, -0.15) is 0 Å². The van der Waals surface area contributed by atoms with E-state index < -0.39 is 0 Å². The Bertz CT molecular complexity index is 250. The van der Waals surface area contributed by atoms with Crippen molar-refractivity contribution >= 4 is 0 Å². The quantitative estimate of drug-likeness (QED) is 0.684. The highest BCUT2D eigenvalue weighted by Crippen LogP contribution is 2.10. The van der Waals surface area contributed by atoms with Crippen molar-refractivity contribution in [1.82, 2.24) is 15.0 Å². The molecule has 0 saturated heterocycles. The predicted molar refractivity (Wildman–Crippen MR) is 48.9 cm³/mol. The van der Waals surface area contributed by atoms with Gasteiger partial charge in [-0.15, -0.1) is 5.10 Å². The van der Waals surface area contributed by atoms with Gasteiger partial charge in [0.15, 0.2) is 0 Å². The van der Waals surface area contributed by atoms with Crippen molar-refractivity contribution in [2.24, 2.45) is 13.0 Å². The second-order valence-electron chi connectivity index (χ2n) is 3.56. The van der Waals surface area contributed by atoms with Crippen LogP contribution in [-0.4, -0.2) is 15.0 Å². The normalized spacial score (nSPS) is 11.1. The van der Waals surface area contributed by atoms with Crippen molar-refractivity contribution in [3.63, 3.8) is 0 Å². The molecule has 0 bridgehead atoms. The second-order valence-corrected chi connectivity index (χ2v) is 3.56. The highest BCUT2D eigenvalue weighted by Gasteiger charge is 2.09. The van der Waals surface area contributed by atoms with E-state index in [0.717, 1.165) is 18.5 Å². The van der Waals surface area contributed by atoms with Crippen LogP contribution in [0.5, 0.6) is 0 Å². The first-order valence-corrected chi connectivity index (χ1v) is 4.52. The van der Waals surface area contributed by atoms with Crippen LogP contribution >= 0.6 is 0 Å². The van der Waals surface area contributed by atoms with Crippen LogP contribution in [0.2, 0.25) is 0 Å². The van der Waals surface area contributed by atoms with E-state index in [1.807, 2.05) is 11.7 Å². The average molecular weight is 167 g/mol. The molecule has 0 N–H and O–H groups in total. The first kappa shape index (κ1) is 9.23. The van der Waals surface area contributed by atoms with Gasteiger partial charge in [-0.05, 0) is 18.8 Å². The van der Waals surface area contributed by atoms with E-state index in [1.165, 1.54) is 5.69 Å². The Morgan fingerprint density at radius 1 is 1.42 bits per heavy atom. The minimum Gasteiger partial charge on any atom is -0.252 e. The van der Waals surface area contributed by atoms with Crippen LogP contribution in [0.25, 0.3) is 0 Å². The van der Waals surface area contributed by atoms with Crippen molar-refractivity contribution in [3.8, 4) is 0 Å². The van der Waals surface area contributed by atoms with Crippen LogP contribution < -0.4 is 0 Å². The maximum atomic E-state index is 4.14. The lowest BCUT2D eigenvalue weighted by atomic mass is 10.1. The molecular weight excluding hydrogens is 150 g/mol. The van der Waals surface area contributed by atoms with Crippen LogP contribution in [-0.2, 0) is 19.9 Å². The van der Waals surface area contributed by atoms with Crippen LogP contribution in [0.4, 0.5) is 0 Å². The Labute approximate surface area is 73.8 Å². The molecule has 3 nitrogen and oxygen atoms in total. The van der Waals surface area contributed by atoms with E-state index in [4.69, 9.17) is 0 Å². The molecule has 0 spiro atoms. The SMILES string of the molecule is CCc1c(CC(C)C)nnn1C. The number of aromatic nitrogens is 3. The molecule has 0 aliphatic rings. The van der Waals surface area contributed by atoms with E-state index in [9.17, 15) is 0 Å². The summed E-state index contributed by atoms with van der Waals surface area (Å²) < 4.78 is 1.87. The van der Waals surface area contributed by atoms with Gasteiger partial charge >= 0.3 is 0 Å². The zero-order valence-corrected chi connectivity index (χ0v) is 8.33. The molecule has 0 unspecified atom stereocenters. The topological polar surface area (TPSA) is 30.7 Å². The highest BCUT2D eigenvalue weighted by molar-refractivity contribution is 5.10. The molecule has 0 aromatic carbocycles. The third-order valence-corrected chi connectivity index (χ3v) is 1.96. The summed E-state index contributed by atoms with van der Waals surface area (Å²) >= 11 is 0. The van der Waals surface area contributed by atoms with Gasteiger partial charge in [-0.1, -0.05) is 26.0 Å². The monoisotopic (exact) mass is 167 g/mol. The fourth-order valence-corrected chi connectivity index (χ4v) is 1.40. The Balaban J connectivity index is 2.84. The summed E-state index contributed by atoms with van der Waals surface area (Å²) in [6, 6.07) is 0. The second kappa shape index (κ2) is 3.70. The number of hydrogen-bond donors (Lipinski definition) is 0. The van der Waals surface area contributed by atoms with Crippen LogP contribution in [0.1, 0.15) is 32.2 Å². The Hall–Kier alpha value is -0.860. The highest BCUT2D eigenvalue weighted by atomic mass is 15.4. The first-order chi connectivity index (χ1) is 5.65. The maximum absolute atomic E-state index is 4.14. The van der Waals surface area contributed by atoms with Gasteiger partial charge < -0.3 is 0 Å². The van der Waals surface area contributed by atoms with Gasteiger partial charge in [-0.3, -0.25) is 4.68 Å². The number of hydrogen-bond acceptors (Lipinski definition) is 2. The Morgan fingerprint density at radius 2 is 2.08 bits per heavy atom. The molecule has 12 heavy (non-hydrogen) atoms. The summed E-state index contributed by atoms with van der Waals surface area (Å²) in [5.41, 5.74) is 2.43. The minimum absolute atomic E-state index is 0.659. The molecule has 0 radical (unpaired) electrons. The molecular formula is C9H17N3. The largest absolute Gasteiger partial charge is 0.252 e. The summed E-state index contributed by atoms with van der Waals surface area (Å²) in [7, 11) is 1.95. The van der Waals surface area contributed by atoms with Gasteiger partial charge in [0.2, 0.25) is 0 Å². The molecule has 1 rings (SSSR count). The molecule has 0 fully saturated rings. The van der Waals surface area contributed by atoms with Crippen molar-refractivity contribution in [3.05, 3.63) is 11.4 Å². The molecule has 0 amide bonds. The van der Waals surface area contributed by atoms with Gasteiger partial charge in [0.25, 0.3) is 0 Å². The van der Waals surface area contributed by atoms with E-state index in [-0.39, 0.29) is 0 Å². The lowest BCUT2D eigenvalue weighted by Gasteiger charge is -2.03. The molecule has 0 aliphatic carbocycles. The van der Waals surface area contributed by atoms with Gasteiger partial charge in [0.1, 0.15) is 0 Å². The molecule has 0 atom stereocenters. The minimum atomic E-state index is 0.659. The average Bonchev–Trinajstić information content (AvgIpc) is 2.30. The number of aryl methyl sites for hydroxylation is 1. The fraction of sp³-hybridized carbons (Fsp3) is 0.778. The van der Waals surface area contributed by atoms with E-state index in [1.54, 1.807) is 0 Å². The number of nitrogens with zero attached hydrogens (tertiary/aromatic N) is 3. The van der Waals surface area contributed by atoms with Crippen molar-refractivity contribution in [1.29, 1.82) is 0 Å². The smallest absolute Gasteiger partial charge is 0.0861 e. The van der Waals surface area contributed by atoms with Crippen molar-refractivity contribution in [2.45, 2.75) is 33.6 Å². The third kappa shape index (κ3) is 1.84. The van der Waals surface area contributed by atoms with E-state index >= 15 is 0 Å². The summed E-state index contributed by atoms with van der Waals surface area (Å²) in [6.45, 7) is 6.55. The van der Waals surface area contributed by atoms with Crippen molar-refractivity contribution in [2.75, 3.05) is 0 Å². The van der Waals surface area contributed by atoms with Gasteiger partial charge in [0, 0.05) is 7.05 Å². The lowest BCUT2D eigenvalue weighted by Crippen LogP contribution is -2.01. The standard InChI is InChI=1S/C9H17N3/c1-5-9-8(6-7(2)3)10-11-12(9)4/h7H,5-6H2,1-4H3. The summed E-state index contributed by atoms with van der Waals surface area (Å²) in [6.07, 6.45) is 2.06. The fourth-order valence-electron chi connectivity index (χ4n) is 1.40. The summed E-state index contributed by atoms with van der Waals surface area (Å²) in [5.74, 6) is 0.659. The van der Waals surface area contributed by atoms with Crippen LogP contribution in [0.15, 0.2) is 0 Å². The summed E-state index contributed by atoms with van der Waals surface area (Å²) in [4.78, 5) is 0.